The van der Waals surface area contributed by atoms with Gasteiger partial charge in [0, 0.05) is 95.1 Å². The number of carbonyl (C=O) groups is 1. The SMILES string of the molecule is CN(C)C(=O)CCN1C2CC1CN(c1ccc(-c3cc(OCCN4CC5CC5(O)C4)cn4ncc(C#N)c34)cn1)C2. The van der Waals surface area contributed by atoms with Crippen LogP contribution in [0.1, 0.15) is 24.8 Å². The molecule has 4 saturated heterocycles. The molecule has 4 unspecified atom stereocenters. The number of anilines is 1. The van der Waals surface area contributed by atoms with Crippen molar-refractivity contribution in [2.75, 3.05) is 64.9 Å². The third kappa shape index (κ3) is 4.80. The van der Waals surface area contributed by atoms with Crippen LogP contribution in [0, 0.1) is 17.2 Å². The van der Waals surface area contributed by atoms with E-state index in [4.69, 9.17) is 9.72 Å². The number of pyridine rings is 2. The van der Waals surface area contributed by atoms with Crippen LogP contribution in [0.15, 0.2) is 36.8 Å². The number of hydrogen-bond donors (Lipinski definition) is 1. The standard InChI is InChI=1S/C30H36N8O3/c1-34(2)28(39)5-6-37-23-9-24(37)17-36(16-23)27-4-3-20(13-32-27)26-10-25(18-38-29(26)21(12-31)14-33-38)41-8-7-35-15-22-11-30(22,40)19-35/h3-4,10,13-14,18,22-24,40H,5-9,11,15-17,19H2,1-2H3. The Balaban J connectivity index is 1.04. The van der Waals surface area contributed by atoms with E-state index in [0.29, 0.717) is 42.3 Å². The monoisotopic (exact) mass is 556 g/mol. The molecule has 0 spiro atoms. The average Bonchev–Trinajstić information content (AvgIpc) is 3.27. The fraction of sp³-hybridized carbons (Fsp3) is 0.533. The van der Waals surface area contributed by atoms with Crippen LogP contribution in [0.2, 0.25) is 0 Å². The lowest BCUT2D eigenvalue weighted by Crippen LogP contribution is -2.69. The molecule has 7 heterocycles. The van der Waals surface area contributed by atoms with E-state index in [2.05, 4.69) is 38.0 Å². The number of nitrogens with zero attached hydrogens (tertiary/aromatic N) is 8. The minimum atomic E-state index is -0.464. The van der Waals surface area contributed by atoms with Crippen molar-refractivity contribution in [2.24, 2.45) is 5.92 Å². The number of aromatic nitrogens is 3. The van der Waals surface area contributed by atoms with E-state index in [1.807, 2.05) is 32.6 Å². The predicted octanol–water partition coefficient (Wildman–Crippen LogP) is 1.45. The lowest BCUT2D eigenvalue weighted by Gasteiger charge is -2.56. The van der Waals surface area contributed by atoms with Gasteiger partial charge in [-0.15, -0.1) is 0 Å². The summed E-state index contributed by atoms with van der Waals surface area (Å²) in [5.74, 6) is 2.21. The van der Waals surface area contributed by atoms with E-state index >= 15 is 0 Å². The maximum Gasteiger partial charge on any atom is 0.223 e. The van der Waals surface area contributed by atoms with Gasteiger partial charge in [-0.2, -0.15) is 10.4 Å². The van der Waals surface area contributed by atoms with E-state index in [1.54, 1.807) is 15.6 Å². The molecule has 0 radical (unpaired) electrons. The van der Waals surface area contributed by atoms with Crippen molar-refractivity contribution in [3.05, 3.63) is 42.4 Å². The zero-order valence-electron chi connectivity index (χ0n) is 23.6. The molecule has 4 aliphatic heterocycles. The number of ether oxygens (including phenoxy) is 1. The molecule has 8 rings (SSSR count). The number of carbonyl (C=O) groups excluding carboxylic acids is 1. The van der Waals surface area contributed by atoms with Gasteiger partial charge in [0.05, 0.1) is 29.1 Å². The molecule has 11 heteroatoms. The maximum atomic E-state index is 12.0. The summed E-state index contributed by atoms with van der Waals surface area (Å²) in [6.07, 6.45) is 7.92. The van der Waals surface area contributed by atoms with Crippen molar-refractivity contribution in [1.82, 2.24) is 29.3 Å². The highest BCUT2D eigenvalue weighted by Crippen LogP contribution is 2.49. The van der Waals surface area contributed by atoms with Gasteiger partial charge in [0.1, 0.15) is 24.2 Å². The lowest BCUT2D eigenvalue weighted by atomic mass is 9.87. The summed E-state index contributed by atoms with van der Waals surface area (Å²) >= 11 is 0. The molecule has 1 saturated carbocycles. The zero-order chi connectivity index (χ0) is 28.3. The van der Waals surface area contributed by atoms with Gasteiger partial charge in [0.15, 0.2) is 0 Å². The second-order valence-corrected chi connectivity index (χ2v) is 12.3. The number of amides is 1. The Morgan fingerprint density at radius 2 is 2.05 bits per heavy atom. The molecule has 4 atom stereocenters. The van der Waals surface area contributed by atoms with Gasteiger partial charge >= 0.3 is 0 Å². The molecule has 5 aliphatic rings. The van der Waals surface area contributed by atoms with Crippen LogP contribution in [-0.2, 0) is 4.79 Å². The van der Waals surface area contributed by atoms with Crippen LogP contribution >= 0.6 is 0 Å². The molecule has 41 heavy (non-hydrogen) atoms. The van der Waals surface area contributed by atoms with Crippen molar-refractivity contribution < 1.29 is 14.6 Å². The second kappa shape index (κ2) is 9.98. The number of piperidine rings is 2. The minimum Gasteiger partial charge on any atom is -0.491 e. The van der Waals surface area contributed by atoms with Gasteiger partial charge < -0.3 is 19.6 Å². The lowest BCUT2D eigenvalue weighted by molar-refractivity contribution is -0.130. The first-order chi connectivity index (χ1) is 19.8. The van der Waals surface area contributed by atoms with Gasteiger partial charge in [-0.25, -0.2) is 9.50 Å². The number of likely N-dealkylation sites (tertiary alicyclic amines) is 1. The van der Waals surface area contributed by atoms with Crippen molar-refractivity contribution in [2.45, 2.75) is 36.9 Å². The number of fused-ring (bicyclic) bond motifs is 4. The zero-order valence-corrected chi connectivity index (χ0v) is 23.6. The highest BCUT2D eigenvalue weighted by Gasteiger charge is 2.58. The first kappa shape index (κ1) is 26.2. The fourth-order valence-electron chi connectivity index (χ4n) is 6.92. The highest BCUT2D eigenvalue weighted by molar-refractivity contribution is 5.85. The van der Waals surface area contributed by atoms with Crippen LogP contribution in [0.25, 0.3) is 16.6 Å². The first-order valence-electron chi connectivity index (χ1n) is 14.5. The number of piperazine rings is 1. The van der Waals surface area contributed by atoms with E-state index in [1.165, 1.54) is 6.42 Å². The number of hydrogen-bond acceptors (Lipinski definition) is 9. The van der Waals surface area contributed by atoms with Gasteiger partial charge in [-0.05, 0) is 31.0 Å². The Bertz CT molecular complexity index is 1500. The normalized spacial score (nSPS) is 26.9. The van der Waals surface area contributed by atoms with E-state index < -0.39 is 5.60 Å². The Labute approximate surface area is 239 Å². The summed E-state index contributed by atoms with van der Waals surface area (Å²) in [4.78, 5) is 25.6. The number of aliphatic hydroxyl groups is 1. The molecule has 5 fully saturated rings. The molecular weight excluding hydrogens is 520 g/mol. The predicted molar refractivity (Wildman–Crippen MR) is 153 cm³/mol. The van der Waals surface area contributed by atoms with Gasteiger partial charge in [-0.3, -0.25) is 14.6 Å². The summed E-state index contributed by atoms with van der Waals surface area (Å²) in [5, 5.41) is 24.4. The molecule has 1 N–H and O–H groups in total. The number of β-amino-alcohol motifs (C(OH)–C–C–N with tert-alkyl or cyclic N) is 1. The Morgan fingerprint density at radius 1 is 1.22 bits per heavy atom. The minimum absolute atomic E-state index is 0.174. The van der Waals surface area contributed by atoms with Gasteiger partial charge in [-0.1, -0.05) is 0 Å². The number of rotatable bonds is 9. The van der Waals surface area contributed by atoms with Crippen LogP contribution < -0.4 is 9.64 Å². The van der Waals surface area contributed by atoms with Crippen LogP contribution in [0.3, 0.4) is 0 Å². The number of nitriles is 1. The van der Waals surface area contributed by atoms with E-state index in [9.17, 15) is 15.2 Å². The maximum absolute atomic E-state index is 12.0. The first-order valence-corrected chi connectivity index (χ1v) is 14.5. The Hall–Kier alpha value is -3.72. The third-order valence-electron chi connectivity index (χ3n) is 9.37. The van der Waals surface area contributed by atoms with Crippen molar-refractivity contribution in [3.63, 3.8) is 0 Å². The Kier molecular flexibility index (Phi) is 6.37. The Morgan fingerprint density at radius 3 is 2.73 bits per heavy atom. The highest BCUT2D eigenvalue weighted by atomic mass is 16.5. The van der Waals surface area contributed by atoms with Crippen LogP contribution in [-0.4, -0.2) is 118 Å². The summed E-state index contributed by atoms with van der Waals surface area (Å²) in [7, 11) is 3.62. The summed E-state index contributed by atoms with van der Waals surface area (Å²) in [6.45, 7) is 5.54. The molecule has 2 bridgehead atoms. The summed E-state index contributed by atoms with van der Waals surface area (Å²) in [6, 6.07) is 9.25. The van der Waals surface area contributed by atoms with Crippen LogP contribution in [0.5, 0.6) is 5.75 Å². The molecule has 11 nitrogen and oxygen atoms in total. The largest absolute Gasteiger partial charge is 0.491 e. The summed E-state index contributed by atoms with van der Waals surface area (Å²) in [5.41, 5.74) is 2.52. The average molecular weight is 557 g/mol. The van der Waals surface area contributed by atoms with Crippen molar-refractivity contribution in [3.8, 4) is 22.9 Å². The van der Waals surface area contributed by atoms with E-state index in [0.717, 1.165) is 68.2 Å². The molecule has 0 aromatic carbocycles. The van der Waals surface area contributed by atoms with Gasteiger partial charge in [0.25, 0.3) is 0 Å². The molecule has 1 aliphatic carbocycles. The third-order valence-corrected chi connectivity index (χ3v) is 9.37. The molecule has 3 aromatic heterocycles. The topological polar surface area (TPSA) is 113 Å². The van der Waals surface area contributed by atoms with Crippen LogP contribution in [0.4, 0.5) is 5.82 Å². The fourth-order valence-corrected chi connectivity index (χ4v) is 6.92. The molecule has 1 amide bonds. The smallest absolute Gasteiger partial charge is 0.223 e. The molecule has 3 aromatic rings. The summed E-state index contributed by atoms with van der Waals surface area (Å²) < 4.78 is 7.84. The second-order valence-electron chi connectivity index (χ2n) is 12.3. The quantitative estimate of drug-likeness (QED) is 0.418. The molecular formula is C30H36N8O3. The van der Waals surface area contributed by atoms with Gasteiger partial charge in [0.2, 0.25) is 5.91 Å². The van der Waals surface area contributed by atoms with E-state index in [-0.39, 0.29) is 5.91 Å². The molecule has 214 valence electrons. The van der Waals surface area contributed by atoms with Crippen molar-refractivity contribution in [1.29, 1.82) is 5.26 Å². The van der Waals surface area contributed by atoms with Crippen molar-refractivity contribution >= 4 is 17.2 Å².